The molecule has 2 aromatic rings. The number of morpholine rings is 1. The van der Waals surface area contributed by atoms with Gasteiger partial charge in [-0.05, 0) is 25.1 Å². The Labute approximate surface area is 143 Å². The lowest BCUT2D eigenvalue weighted by atomic mass is 10.1. The first-order valence-corrected chi connectivity index (χ1v) is 7.85. The predicted octanol–water partition coefficient (Wildman–Crippen LogP) is 3.23. The summed E-state index contributed by atoms with van der Waals surface area (Å²) in [7, 11) is 0. The lowest BCUT2D eigenvalue weighted by Crippen LogP contribution is -2.48. The smallest absolute Gasteiger partial charge is 0.371 e. The molecule has 0 spiro atoms. The summed E-state index contributed by atoms with van der Waals surface area (Å²) in [5, 5.41) is 9.49. The second-order valence-corrected chi connectivity index (χ2v) is 6.03. The van der Waals surface area contributed by atoms with Crippen molar-refractivity contribution in [1.29, 1.82) is 0 Å². The summed E-state index contributed by atoms with van der Waals surface area (Å²) in [5.74, 6) is -1.84. The summed E-state index contributed by atoms with van der Waals surface area (Å²) >= 11 is 6.21. The minimum absolute atomic E-state index is 0.000872. The van der Waals surface area contributed by atoms with Gasteiger partial charge in [-0.15, -0.1) is 0 Å². The van der Waals surface area contributed by atoms with Gasteiger partial charge < -0.3 is 19.2 Å². The monoisotopic (exact) mass is 349 g/mol. The Kier molecular flexibility index (Phi) is 4.59. The highest BCUT2D eigenvalue weighted by molar-refractivity contribution is 6.31. The summed E-state index contributed by atoms with van der Waals surface area (Å²) in [6.07, 6.45) is -0.340. The minimum Gasteiger partial charge on any atom is -0.475 e. The summed E-state index contributed by atoms with van der Waals surface area (Å²) in [6, 6.07) is 9.81. The van der Waals surface area contributed by atoms with E-state index in [-0.39, 0.29) is 29.6 Å². The van der Waals surface area contributed by atoms with Gasteiger partial charge in [0, 0.05) is 10.6 Å². The highest BCUT2D eigenvalue weighted by atomic mass is 35.5. The number of hydrogen-bond acceptors (Lipinski definition) is 4. The standard InChI is InChI=1S/C17H16ClNO5/c1-10-9-23-15(11-4-2-3-5-12(11)18)8-19(10)16(20)13-6-7-14(24-13)17(21)22/h2-7,10,15H,8-9H2,1H3,(H,21,22). The Morgan fingerprint density at radius 3 is 2.58 bits per heavy atom. The third kappa shape index (κ3) is 3.16. The summed E-state index contributed by atoms with van der Waals surface area (Å²) in [4.78, 5) is 25.2. The Balaban J connectivity index is 1.82. The Morgan fingerprint density at radius 2 is 1.92 bits per heavy atom. The van der Waals surface area contributed by atoms with E-state index < -0.39 is 5.97 Å². The first-order valence-electron chi connectivity index (χ1n) is 7.47. The van der Waals surface area contributed by atoms with Gasteiger partial charge >= 0.3 is 5.97 Å². The number of amides is 1. The van der Waals surface area contributed by atoms with E-state index in [0.29, 0.717) is 18.2 Å². The molecule has 1 aliphatic heterocycles. The van der Waals surface area contributed by atoms with Gasteiger partial charge in [0.05, 0.1) is 19.2 Å². The zero-order valence-electron chi connectivity index (χ0n) is 12.9. The van der Waals surface area contributed by atoms with Crippen LogP contribution in [0.25, 0.3) is 0 Å². The van der Waals surface area contributed by atoms with Gasteiger partial charge in [-0.2, -0.15) is 0 Å². The van der Waals surface area contributed by atoms with Crippen LogP contribution in [0.2, 0.25) is 5.02 Å². The fourth-order valence-electron chi connectivity index (χ4n) is 2.67. The molecule has 1 aromatic carbocycles. The molecule has 1 amide bonds. The van der Waals surface area contributed by atoms with Crippen molar-refractivity contribution in [2.24, 2.45) is 0 Å². The second kappa shape index (κ2) is 6.67. The van der Waals surface area contributed by atoms with Gasteiger partial charge in [-0.1, -0.05) is 29.8 Å². The van der Waals surface area contributed by atoms with Crippen LogP contribution in [-0.2, 0) is 4.74 Å². The number of rotatable bonds is 3. The maximum absolute atomic E-state index is 12.7. The van der Waals surface area contributed by atoms with Gasteiger partial charge in [0.1, 0.15) is 6.10 Å². The molecule has 2 heterocycles. The lowest BCUT2D eigenvalue weighted by molar-refractivity contribution is -0.0495. The van der Waals surface area contributed by atoms with E-state index in [9.17, 15) is 9.59 Å². The fourth-order valence-corrected chi connectivity index (χ4v) is 2.93. The molecule has 0 radical (unpaired) electrons. The largest absolute Gasteiger partial charge is 0.475 e. The van der Waals surface area contributed by atoms with Crippen LogP contribution in [-0.4, -0.2) is 41.1 Å². The number of furan rings is 1. The maximum Gasteiger partial charge on any atom is 0.371 e. The number of carboxylic acids is 1. The Morgan fingerprint density at radius 1 is 1.21 bits per heavy atom. The van der Waals surface area contributed by atoms with Crippen molar-refractivity contribution >= 4 is 23.5 Å². The van der Waals surface area contributed by atoms with Crippen molar-refractivity contribution in [2.45, 2.75) is 19.1 Å². The third-order valence-corrected chi connectivity index (χ3v) is 4.32. The van der Waals surface area contributed by atoms with Gasteiger partial charge in [0.25, 0.3) is 5.91 Å². The molecule has 7 heteroatoms. The van der Waals surface area contributed by atoms with Gasteiger partial charge in [-0.25, -0.2) is 4.79 Å². The zero-order chi connectivity index (χ0) is 17.3. The predicted molar refractivity (Wildman–Crippen MR) is 86.3 cm³/mol. The number of ether oxygens (including phenoxy) is 1. The molecular weight excluding hydrogens is 334 g/mol. The SMILES string of the molecule is CC1COC(c2ccccc2Cl)CN1C(=O)c1ccc(C(=O)O)o1. The van der Waals surface area contributed by atoms with E-state index in [2.05, 4.69) is 0 Å². The van der Waals surface area contributed by atoms with Gasteiger partial charge in [0.2, 0.25) is 5.76 Å². The van der Waals surface area contributed by atoms with Crippen molar-refractivity contribution in [3.8, 4) is 0 Å². The first-order chi connectivity index (χ1) is 11.5. The number of carbonyl (C=O) groups is 2. The zero-order valence-corrected chi connectivity index (χ0v) is 13.7. The average molecular weight is 350 g/mol. The molecule has 1 aromatic heterocycles. The molecule has 1 fully saturated rings. The molecule has 1 aliphatic rings. The normalized spacial score (nSPS) is 20.8. The van der Waals surface area contributed by atoms with E-state index in [1.807, 2.05) is 25.1 Å². The molecule has 2 atom stereocenters. The van der Waals surface area contributed by atoms with E-state index in [0.717, 1.165) is 5.56 Å². The maximum atomic E-state index is 12.7. The lowest BCUT2D eigenvalue weighted by Gasteiger charge is -2.38. The van der Waals surface area contributed by atoms with E-state index in [1.165, 1.54) is 12.1 Å². The summed E-state index contributed by atoms with van der Waals surface area (Å²) < 4.78 is 10.9. The molecular formula is C17H16ClNO5. The molecule has 1 saturated heterocycles. The summed E-state index contributed by atoms with van der Waals surface area (Å²) in [6.45, 7) is 2.53. The molecule has 0 bridgehead atoms. The van der Waals surface area contributed by atoms with Crippen LogP contribution in [0.15, 0.2) is 40.8 Å². The van der Waals surface area contributed by atoms with Gasteiger partial charge in [-0.3, -0.25) is 4.79 Å². The second-order valence-electron chi connectivity index (χ2n) is 5.62. The molecule has 24 heavy (non-hydrogen) atoms. The molecule has 1 N–H and O–H groups in total. The molecule has 6 nitrogen and oxygen atoms in total. The molecule has 0 saturated carbocycles. The molecule has 3 rings (SSSR count). The number of carboxylic acid groups (broad SMARTS) is 1. The topological polar surface area (TPSA) is 80.0 Å². The highest BCUT2D eigenvalue weighted by Crippen LogP contribution is 2.30. The van der Waals surface area contributed by atoms with Crippen molar-refractivity contribution in [2.75, 3.05) is 13.2 Å². The van der Waals surface area contributed by atoms with Gasteiger partial charge in [0.15, 0.2) is 5.76 Å². The van der Waals surface area contributed by atoms with Crippen LogP contribution in [0.4, 0.5) is 0 Å². The minimum atomic E-state index is -1.21. The molecule has 126 valence electrons. The van der Waals surface area contributed by atoms with Crippen molar-refractivity contribution in [3.05, 3.63) is 58.5 Å². The van der Waals surface area contributed by atoms with E-state index in [4.69, 9.17) is 25.9 Å². The number of halogens is 1. The first kappa shape index (κ1) is 16.5. The number of aromatic carboxylic acids is 1. The number of hydrogen-bond donors (Lipinski definition) is 1. The fraction of sp³-hybridized carbons (Fsp3) is 0.294. The Hall–Kier alpha value is -2.31. The van der Waals surface area contributed by atoms with Crippen LogP contribution in [0, 0.1) is 0 Å². The quantitative estimate of drug-likeness (QED) is 0.920. The van der Waals surface area contributed by atoms with E-state index in [1.54, 1.807) is 11.0 Å². The average Bonchev–Trinajstić information content (AvgIpc) is 3.06. The van der Waals surface area contributed by atoms with Crippen LogP contribution in [0.3, 0.4) is 0 Å². The number of carbonyl (C=O) groups excluding carboxylic acids is 1. The number of benzene rings is 1. The van der Waals surface area contributed by atoms with Crippen LogP contribution >= 0.6 is 11.6 Å². The third-order valence-electron chi connectivity index (χ3n) is 3.97. The van der Waals surface area contributed by atoms with Crippen molar-refractivity contribution in [3.63, 3.8) is 0 Å². The summed E-state index contributed by atoms with van der Waals surface area (Å²) in [5.41, 5.74) is 0.814. The number of nitrogens with zero attached hydrogens (tertiary/aromatic N) is 1. The van der Waals surface area contributed by atoms with E-state index >= 15 is 0 Å². The van der Waals surface area contributed by atoms with Crippen LogP contribution < -0.4 is 0 Å². The van der Waals surface area contributed by atoms with Crippen LogP contribution in [0.5, 0.6) is 0 Å². The highest BCUT2D eigenvalue weighted by Gasteiger charge is 2.33. The molecule has 2 unspecified atom stereocenters. The Bertz CT molecular complexity index is 772. The molecule has 0 aliphatic carbocycles. The van der Waals surface area contributed by atoms with Crippen molar-refractivity contribution < 1.29 is 23.8 Å². The van der Waals surface area contributed by atoms with Crippen molar-refractivity contribution in [1.82, 2.24) is 4.90 Å². The van der Waals surface area contributed by atoms with Crippen LogP contribution in [0.1, 0.15) is 39.7 Å².